The van der Waals surface area contributed by atoms with Crippen molar-refractivity contribution < 1.29 is 9.84 Å². The molecular formula is C10H14NO2. The van der Waals surface area contributed by atoms with E-state index in [2.05, 4.69) is 11.4 Å². The molecule has 0 unspecified atom stereocenters. The molecule has 71 valence electrons. The van der Waals surface area contributed by atoms with Crippen LogP contribution in [0.15, 0.2) is 12.1 Å². The lowest BCUT2D eigenvalue weighted by Gasteiger charge is -2.10. The number of rotatable bonds is 4. The van der Waals surface area contributed by atoms with Gasteiger partial charge in [0.1, 0.15) is 5.75 Å². The van der Waals surface area contributed by atoms with Crippen molar-refractivity contribution in [3.63, 3.8) is 0 Å². The van der Waals surface area contributed by atoms with Crippen molar-refractivity contribution in [2.45, 2.75) is 6.92 Å². The van der Waals surface area contributed by atoms with E-state index >= 15 is 0 Å². The highest BCUT2D eigenvalue weighted by Gasteiger charge is 2.01. The Balaban J connectivity index is 2.79. The first kappa shape index (κ1) is 9.86. The standard InChI is InChI=1S/C10H14NO2/c1-8-3-4-9(11-5-6-12)10(7-8)13-2/h4,7,11-12H,5-6H2,1-2H3. The van der Waals surface area contributed by atoms with E-state index in [-0.39, 0.29) is 6.61 Å². The Kier molecular flexibility index (Phi) is 3.58. The van der Waals surface area contributed by atoms with Gasteiger partial charge >= 0.3 is 0 Å². The van der Waals surface area contributed by atoms with Gasteiger partial charge in [-0.15, -0.1) is 0 Å². The number of hydrogen-bond donors (Lipinski definition) is 2. The summed E-state index contributed by atoms with van der Waals surface area (Å²) in [5.74, 6) is 0.782. The Morgan fingerprint density at radius 3 is 3.00 bits per heavy atom. The van der Waals surface area contributed by atoms with Crippen molar-refractivity contribution in [2.24, 2.45) is 0 Å². The molecule has 3 heteroatoms. The molecule has 0 aliphatic heterocycles. The van der Waals surface area contributed by atoms with E-state index in [9.17, 15) is 0 Å². The van der Waals surface area contributed by atoms with Crippen molar-refractivity contribution in [1.82, 2.24) is 0 Å². The summed E-state index contributed by atoms with van der Waals surface area (Å²) in [5.41, 5.74) is 1.90. The van der Waals surface area contributed by atoms with Crippen LogP contribution in [-0.2, 0) is 0 Å². The van der Waals surface area contributed by atoms with Gasteiger partial charge in [0.15, 0.2) is 0 Å². The van der Waals surface area contributed by atoms with Gasteiger partial charge in [-0.3, -0.25) is 0 Å². The molecule has 0 bridgehead atoms. The first-order valence-corrected chi connectivity index (χ1v) is 4.19. The van der Waals surface area contributed by atoms with Gasteiger partial charge in [0.25, 0.3) is 0 Å². The predicted molar refractivity (Wildman–Crippen MR) is 52.1 cm³/mol. The van der Waals surface area contributed by atoms with Gasteiger partial charge in [-0.25, -0.2) is 0 Å². The maximum Gasteiger partial charge on any atom is 0.142 e. The van der Waals surface area contributed by atoms with Crippen LogP contribution in [-0.4, -0.2) is 25.4 Å². The van der Waals surface area contributed by atoms with Crippen LogP contribution in [0.25, 0.3) is 0 Å². The van der Waals surface area contributed by atoms with Crippen LogP contribution >= 0.6 is 0 Å². The van der Waals surface area contributed by atoms with Crippen LogP contribution in [0.3, 0.4) is 0 Å². The molecule has 0 heterocycles. The fourth-order valence-corrected chi connectivity index (χ4v) is 1.07. The summed E-state index contributed by atoms with van der Waals surface area (Å²) in [6.07, 6.45) is 0. The van der Waals surface area contributed by atoms with Crippen molar-refractivity contribution >= 4 is 5.69 Å². The topological polar surface area (TPSA) is 41.5 Å². The first-order valence-electron chi connectivity index (χ1n) is 4.19. The number of benzene rings is 1. The number of anilines is 1. The average Bonchev–Trinajstić information content (AvgIpc) is 2.16. The van der Waals surface area contributed by atoms with Gasteiger partial charge in [-0.05, 0) is 30.7 Å². The number of hydrogen-bond acceptors (Lipinski definition) is 3. The minimum absolute atomic E-state index is 0.108. The Hall–Kier alpha value is -1.22. The summed E-state index contributed by atoms with van der Waals surface area (Å²) in [5, 5.41) is 11.7. The van der Waals surface area contributed by atoms with E-state index < -0.39 is 0 Å². The third-order valence-electron chi connectivity index (χ3n) is 1.70. The lowest BCUT2D eigenvalue weighted by molar-refractivity contribution is 0.311. The molecule has 0 aromatic heterocycles. The summed E-state index contributed by atoms with van der Waals surface area (Å²) >= 11 is 0. The first-order chi connectivity index (χ1) is 6.27. The third-order valence-corrected chi connectivity index (χ3v) is 1.70. The van der Waals surface area contributed by atoms with E-state index in [1.54, 1.807) is 7.11 Å². The van der Waals surface area contributed by atoms with Gasteiger partial charge < -0.3 is 15.2 Å². The highest BCUT2D eigenvalue weighted by molar-refractivity contribution is 5.57. The normalized spacial score (nSPS) is 9.77. The zero-order valence-electron chi connectivity index (χ0n) is 7.92. The SMILES string of the molecule is COc1cc(C)[c]cc1NCCO. The lowest BCUT2D eigenvalue weighted by Crippen LogP contribution is -2.06. The van der Waals surface area contributed by atoms with Gasteiger partial charge in [0.05, 0.1) is 19.4 Å². The van der Waals surface area contributed by atoms with Crippen molar-refractivity contribution in [2.75, 3.05) is 25.6 Å². The molecule has 1 radical (unpaired) electrons. The van der Waals surface area contributed by atoms with E-state index in [1.807, 2.05) is 19.1 Å². The summed E-state index contributed by atoms with van der Waals surface area (Å²) in [6.45, 7) is 2.59. The van der Waals surface area contributed by atoms with E-state index in [0.717, 1.165) is 17.0 Å². The maximum absolute atomic E-state index is 8.63. The second kappa shape index (κ2) is 4.72. The number of aliphatic hydroxyl groups is 1. The smallest absolute Gasteiger partial charge is 0.142 e. The van der Waals surface area contributed by atoms with Gasteiger partial charge in [0, 0.05) is 6.54 Å². The molecule has 0 atom stereocenters. The molecule has 0 spiro atoms. The molecule has 0 aliphatic carbocycles. The molecule has 1 aromatic carbocycles. The Bertz CT molecular complexity index is 274. The maximum atomic E-state index is 8.63. The highest BCUT2D eigenvalue weighted by atomic mass is 16.5. The lowest BCUT2D eigenvalue weighted by atomic mass is 10.2. The molecule has 0 amide bonds. The summed E-state index contributed by atoms with van der Waals surface area (Å²) in [4.78, 5) is 0. The Morgan fingerprint density at radius 1 is 1.62 bits per heavy atom. The molecule has 0 fully saturated rings. The monoisotopic (exact) mass is 180 g/mol. The minimum Gasteiger partial charge on any atom is -0.495 e. The van der Waals surface area contributed by atoms with Crippen LogP contribution in [0.5, 0.6) is 5.75 Å². The summed E-state index contributed by atoms with van der Waals surface area (Å²) in [6, 6.07) is 6.79. The third kappa shape index (κ3) is 2.63. The fourth-order valence-electron chi connectivity index (χ4n) is 1.07. The zero-order chi connectivity index (χ0) is 9.68. The van der Waals surface area contributed by atoms with Gasteiger partial charge in [-0.2, -0.15) is 0 Å². The largest absolute Gasteiger partial charge is 0.495 e. The van der Waals surface area contributed by atoms with E-state index in [0.29, 0.717) is 6.54 Å². The van der Waals surface area contributed by atoms with Crippen LogP contribution in [0.4, 0.5) is 5.69 Å². The van der Waals surface area contributed by atoms with E-state index in [1.165, 1.54) is 0 Å². The number of aliphatic hydroxyl groups excluding tert-OH is 1. The number of ether oxygens (including phenoxy) is 1. The molecule has 0 saturated heterocycles. The summed E-state index contributed by atoms with van der Waals surface area (Å²) in [7, 11) is 1.62. The van der Waals surface area contributed by atoms with Gasteiger partial charge in [0.2, 0.25) is 0 Å². The highest BCUT2D eigenvalue weighted by Crippen LogP contribution is 2.24. The molecule has 1 rings (SSSR count). The van der Waals surface area contributed by atoms with Crippen LogP contribution in [0.1, 0.15) is 5.56 Å². The number of methoxy groups -OCH3 is 1. The number of aryl methyl sites for hydroxylation is 1. The zero-order valence-corrected chi connectivity index (χ0v) is 7.92. The van der Waals surface area contributed by atoms with Crippen molar-refractivity contribution in [3.05, 3.63) is 23.8 Å². The molecule has 3 nitrogen and oxygen atoms in total. The van der Waals surface area contributed by atoms with Crippen molar-refractivity contribution in [1.29, 1.82) is 0 Å². The molecular weight excluding hydrogens is 166 g/mol. The van der Waals surface area contributed by atoms with Crippen molar-refractivity contribution in [3.8, 4) is 5.75 Å². The Labute approximate surface area is 78.3 Å². The van der Waals surface area contributed by atoms with Gasteiger partial charge in [-0.1, -0.05) is 0 Å². The molecule has 2 N–H and O–H groups in total. The second-order valence-corrected chi connectivity index (χ2v) is 2.75. The fraction of sp³-hybridized carbons (Fsp3) is 0.400. The van der Waals surface area contributed by atoms with Crippen LogP contribution in [0.2, 0.25) is 0 Å². The number of nitrogens with one attached hydrogen (secondary N) is 1. The van der Waals surface area contributed by atoms with Crippen LogP contribution in [0, 0.1) is 13.0 Å². The Morgan fingerprint density at radius 2 is 2.38 bits per heavy atom. The summed E-state index contributed by atoms with van der Waals surface area (Å²) < 4.78 is 5.16. The van der Waals surface area contributed by atoms with Crippen LogP contribution < -0.4 is 10.1 Å². The van der Waals surface area contributed by atoms with E-state index in [4.69, 9.17) is 9.84 Å². The molecule has 0 saturated carbocycles. The predicted octanol–water partition coefficient (Wildman–Crippen LogP) is 1.21. The molecule has 13 heavy (non-hydrogen) atoms. The molecule has 1 aromatic rings. The minimum atomic E-state index is 0.108. The quantitative estimate of drug-likeness (QED) is 0.731. The average molecular weight is 180 g/mol. The second-order valence-electron chi connectivity index (χ2n) is 2.75. The molecule has 0 aliphatic rings.